The molecule has 2 aromatic heterocycles. The number of nitrogens with one attached hydrogen (secondary N) is 2. The monoisotopic (exact) mass is 1740 g/mol. The van der Waals surface area contributed by atoms with Gasteiger partial charge in [-0.25, -0.2) is 38.3 Å². The predicted octanol–water partition coefficient (Wildman–Crippen LogP) is 5.69. The summed E-state index contributed by atoms with van der Waals surface area (Å²) in [5, 5.41) is 69.1. The van der Waals surface area contributed by atoms with Crippen LogP contribution in [0.4, 0.5) is 46.7 Å². The number of aliphatic hydroxyl groups excluding tert-OH is 2. The van der Waals surface area contributed by atoms with Gasteiger partial charge < -0.3 is 114 Å². The number of quaternary nitrogens is 2. The van der Waals surface area contributed by atoms with Crippen molar-refractivity contribution in [2.45, 2.75) is 250 Å². The summed E-state index contributed by atoms with van der Waals surface area (Å²) in [6.45, 7) is 26.8. The fourth-order valence-electron chi connectivity index (χ4n) is 9.66. The number of carbonyl (C=O) groups excluding carboxylic acids is 5. The number of nitro groups is 3. The first-order valence-corrected chi connectivity index (χ1v) is 36.8. The number of methoxy groups -OCH3 is 3. The molecule has 0 spiro atoms. The van der Waals surface area contributed by atoms with Crippen LogP contribution in [0.2, 0.25) is 5.15 Å². The van der Waals surface area contributed by atoms with E-state index in [1.165, 1.54) is 57.5 Å². The number of carboxylic acids is 1. The van der Waals surface area contributed by atoms with Gasteiger partial charge in [0.1, 0.15) is 28.0 Å². The minimum absolute atomic E-state index is 0. The number of alkyl carbamates (subject to hydrolysis) is 2. The summed E-state index contributed by atoms with van der Waals surface area (Å²) in [4.78, 5) is 104. The lowest BCUT2D eigenvalue weighted by atomic mass is 9.89. The van der Waals surface area contributed by atoms with Crippen LogP contribution in [0.5, 0.6) is 17.2 Å². The molecule has 0 bridgehead atoms. The van der Waals surface area contributed by atoms with Crippen molar-refractivity contribution in [2.24, 2.45) is 0 Å². The van der Waals surface area contributed by atoms with E-state index in [0.717, 1.165) is 47.5 Å². The molecule has 0 radical (unpaired) electrons. The van der Waals surface area contributed by atoms with Crippen molar-refractivity contribution in [3.8, 4) is 17.2 Å². The number of hydrogen-bond donors (Lipinski definition) is 7. The average molecular weight is 1740 g/mol. The number of anilines is 1. The van der Waals surface area contributed by atoms with E-state index in [2.05, 4.69) is 52.9 Å². The second kappa shape index (κ2) is 46.5. The van der Waals surface area contributed by atoms with Gasteiger partial charge in [-0.3, -0.25) is 35.2 Å². The number of alkyl halides is 1. The topological polar surface area (TPSA) is 507 Å². The number of imidazole rings is 1. The van der Waals surface area contributed by atoms with Crippen LogP contribution in [-0.4, -0.2) is 186 Å². The number of aliphatic hydroxyl groups is 2. The maximum Gasteiger partial charge on any atom is 0.519 e. The van der Waals surface area contributed by atoms with Gasteiger partial charge in [0.25, 0.3) is 0 Å². The zero-order valence-electron chi connectivity index (χ0n) is 67.5. The number of hydrogen-bond acceptors (Lipinski definition) is 27. The molecule has 0 unspecified atom stereocenters. The molecular weight excluding hydrogens is 1630 g/mol. The van der Waals surface area contributed by atoms with Crippen molar-refractivity contribution in [3.63, 3.8) is 0 Å². The maximum absolute atomic E-state index is 12.1. The quantitative estimate of drug-likeness (QED) is 0.0147. The first kappa shape index (κ1) is 103. The first-order chi connectivity index (χ1) is 51.7. The minimum Gasteiger partial charge on any atom is -1.00 e. The van der Waals surface area contributed by atoms with Crippen LogP contribution in [0, 0.1) is 30.3 Å². The Morgan fingerprint density at radius 1 is 0.561 bits per heavy atom. The Morgan fingerprint density at radius 3 is 1.23 bits per heavy atom. The minimum atomic E-state index is -1.20. The van der Waals surface area contributed by atoms with Crippen LogP contribution in [0.1, 0.15) is 182 Å². The molecule has 0 aliphatic heterocycles. The molecule has 4 aliphatic rings. The number of benzene rings is 3. The van der Waals surface area contributed by atoms with Gasteiger partial charge in [0.05, 0.1) is 97.7 Å². The van der Waals surface area contributed by atoms with Crippen molar-refractivity contribution in [1.82, 2.24) is 25.2 Å². The van der Waals surface area contributed by atoms with Gasteiger partial charge >= 0.3 is 53.6 Å². The predicted molar refractivity (Wildman–Crippen MR) is 410 cm³/mol. The van der Waals surface area contributed by atoms with Crippen molar-refractivity contribution in [3.05, 3.63) is 125 Å². The van der Waals surface area contributed by atoms with Crippen molar-refractivity contribution >= 4 is 92.5 Å². The number of nitro benzene ring substituents is 3. The summed E-state index contributed by atoms with van der Waals surface area (Å²) in [5.74, 6) is -0.424. The lowest BCUT2D eigenvalue weighted by Crippen LogP contribution is -3.00. The summed E-state index contributed by atoms with van der Waals surface area (Å²) in [6, 6.07) is 17.1. The van der Waals surface area contributed by atoms with E-state index in [0.29, 0.717) is 61.0 Å². The highest BCUT2D eigenvalue weighted by molar-refractivity contribution is 9.08. The number of ether oxygens (including phenoxy) is 11. The van der Waals surface area contributed by atoms with Crippen LogP contribution >= 0.6 is 27.5 Å². The highest BCUT2D eigenvalue weighted by atomic mass is 79.9. The Labute approximate surface area is 687 Å². The number of halogens is 4. The normalized spacial score (nSPS) is 18.3. The number of amides is 3. The van der Waals surface area contributed by atoms with Gasteiger partial charge in [-0.2, -0.15) is 5.10 Å². The molecule has 0 atom stereocenters. The van der Waals surface area contributed by atoms with E-state index < -0.39 is 79.3 Å². The Kier molecular flexibility index (Phi) is 42.0. The number of rotatable bonds is 17. The molecule has 640 valence electrons. The molecule has 114 heavy (non-hydrogen) atoms. The van der Waals surface area contributed by atoms with E-state index in [4.69, 9.17) is 74.3 Å². The Balaban J connectivity index is 0.000000681. The number of aromatic carboxylic acids is 1. The number of carboxylic acid groups (broad SMARTS) is 1. The van der Waals surface area contributed by atoms with Crippen LogP contribution in [-0.2, 0) is 56.4 Å². The SMILES string of the molecule is CC(C)(C)OC(=O)NC1CC(O)C1.CC(C)(C)OC(=O)OC(=O)OC(C)(C)C.CN(C(=O)OC(C)(C)C)c1cc(Cl)nn2c(C(=O)O)cnc12.COc1ccc(CBr)cc1[N+](=O)[O-].COc1ccc(COC2CC(NC(=O)OC(C)(C)C)C2)cc1[N+](=O)[O-].COc1ccc(COC2CC([NH3+])C2)cc1[N+](=O)[O-].[Cl-].[Cl-].[NH3+]C1CC(O)C1. The molecular formula is C73H109BrCl3N11O26. The molecule has 4 saturated carbocycles. The third-order valence-corrected chi connectivity index (χ3v) is 15.9. The van der Waals surface area contributed by atoms with Gasteiger partial charge in [0.2, 0.25) is 0 Å². The van der Waals surface area contributed by atoms with E-state index in [1.807, 2.05) is 41.5 Å². The molecule has 11 N–H and O–H groups in total. The van der Waals surface area contributed by atoms with E-state index in [1.54, 1.807) is 98.7 Å². The second-order valence-electron chi connectivity index (χ2n) is 31.0. The van der Waals surface area contributed by atoms with E-state index >= 15 is 0 Å². The van der Waals surface area contributed by atoms with Crippen LogP contribution < -0.4 is 66.0 Å². The Morgan fingerprint density at radius 2 is 0.912 bits per heavy atom. The molecule has 4 fully saturated rings. The summed E-state index contributed by atoms with van der Waals surface area (Å²) < 4.78 is 56.5. The van der Waals surface area contributed by atoms with Gasteiger partial charge in [0.15, 0.2) is 33.7 Å². The number of aromatic nitrogens is 3. The van der Waals surface area contributed by atoms with Crippen molar-refractivity contribution in [1.29, 1.82) is 0 Å². The average Bonchev–Trinajstić information content (AvgIpc) is 1.64. The molecule has 9 rings (SSSR count). The molecule has 3 aromatic carbocycles. The van der Waals surface area contributed by atoms with Gasteiger partial charge in [0, 0.05) is 74.4 Å². The standard InChI is InChI=1S/C17H24N2O6.C13H15ClN4O4.C12H16N2O4.C10H18O5.C9H17NO3.C8H8BrNO3.C4H9NO.2ClH/c1-17(2,3)25-16(20)18-12-8-13(9-12)24-10-11-5-6-15(23-4)14(7-11)19(21)22;1-13(2,3)22-12(21)17(4)7-5-9(14)16-18-8(11(19)20)6-15-10(7)18;1-17-12-3-2-8(4-11(12)14(15)16)7-18-10-5-9(13)6-10;1-9(2,3)14-7(11)13-8(12)15-10(4,5)6;1-9(2,3)13-8(12)10-6-4-7(11)5-6;1-13-8-3-2-6(5-9)4-7(8)10(11)12;5-3-1-4(6)2-3;;/h5-7,12-13H,8-10H2,1-4H3,(H,18,20);5-6H,1-4H3,(H,19,20);2-4,9-10H,5-7,13H2,1H3;1-6H3;6-7,11H,4-5H2,1-3H3,(H,10,12);2-4H,5H2,1H3;3-4,6H,1-2,5H2;2*1H. The van der Waals surface area contributed by atoms with Crippen LogP contribution in [0.3, 0.4) is 0 Å². The lowest BCUT2D eigenvalue weighted by molar-refractivity contribution is -0.449. The fraction of sp³-hybridized carbons (Fsp3) is 0.589. The molecule has 3 amide bonds. The third kappa shape index (κ3) is 38.9. The van der Waals surface area contributed by atoms with E-state index in [-0.39, 0.29) is 119 Å². The molecule has 37 nitrogen and oxygen atoms in total. The molecule has 41 heteroatoms. The molecule has 2 heterocycles. The summed E-state index contributed by atoms with van der Waals surface area (Å²) in [6.07, 6.45) is 4.01. The van der Waals surface area contributed by atoms with Crippen LogP contribution in [0.25, 0.3) is 5.65 Å². The highest BCUT2D eigenvalue weighted by Crippen LogP contribution is 2.33. The number of fused-ring (bicyclic) bond motifs is 1. The largest absolute Gasteiger partial charge is 1.00 e. The van der Waals surface area contributed by atoms with Gasteiger partial charge in [-0.1, -0.05) is 45.7 Å². The zero-order chi connectivity index (χ0) is 85.1. The Bertz CT molecular complexity index is 3940. The third-order valence-electron chi connectivity index (χ3n) is 15.1. The second-order valence-corrected chi connectivity index (χ2v) is 32.0. The summed E-state index contributed by atoms with van der Waals surface area (Å²) in [7, 11) is 5.71. The Hall–Kier alpha value is -8.99. The van der Waals surface area contributed by atoms with Gasteiger partial charge in [-0.05, 0) is 164 Å². The van der Waals surface area contributed by atoms with Gasteiger partial charge in [-0.15, -0.1) is 0 Å². The van der Waals surface area contributed by atoms with Crippen molar-refractivity contribution < 1.29 is 147 Å². The lowest BCUT2D eigenvalue weighted by Gasteiger charge is -2.35. The zero-order valence-corrected chi connectivity index (χ0v) is 71.4. The number of nitrogens with zero attached hydrogens (tertiary/aromatic N) is 7. The summed E-state index contributed by atoms with van der Waals surface area (Å²) in [5.41, 5.74) is 7.19. The first-order valence-electron chi connectivity index (χ1n) is 35.3. The summed E-state index contributed by atoms with van der Waals surface area (Å²) >= 11 is 9.13. The molecule has 5 aromatic rings. The maximum atomic E-state index is 12.1. The van der Waals surface area contributed by atoms with Crippen molar-refractivity contribution in [2.75, 3.05) is 33.3 Å². The molecule has 0 saturated heterocycles. The van der Waals surface area contributed by atoms with E-state index in [9.17, 15) is 59.1 Å². The fourth-order valence-corrected chi connectivity index (χ4v) is 10.2. The highest BCUT2D eigenvalue weighted by Gasteiger charge is 2.35. The molecule has 4 aliphatic carbocycles. The van der Waals surface area contributed by atoms with Crippen LogP contribution in [0.15, 0.2) is 66.9 Å². The number of carbonyl (C=O) groups is 6. The smallest absolute Gasteiger partial charge is 0.519 e.